The lowest BCUT2D eigenvalue weighted by Crippen LogP contribution is -2.41. The van der Waals surface area contributed by atoms with Gasteiger partial charge in [-0.3, -0.25) is 19.4 Å². The van der Waals surface area contributed by atoms with Crippen LogP contribution >= 0.6 is 0 Å². The molecule has 0 radical (unpaired) electrons. The van der Waals surface area contributed by atoms with Gasteiger partial charge in [-0.2, -0.15) is 0 Å². The van der Waals surface area contributed by atoms with E-state index < -0.39 is 0 Å². The van der Waals surface area contributed by atoms with E-state index in [0.29, 0.717) is 43.7 Å². The van der Waals surface area contributed by atoms with Crippen LogP contribution in [0.2, 0.25) is 0 Å². The number of piperidine rings is 1. The van der Waals surface area contributed by atoms with Crippen molar-refractivity contribution in [2.24, 2.45) is 5.92 Å². The first kappa shape index (κ1) is 19.0. The number of aromatic amines is 1. The van der Waals surface area contributed by atoms with Crippen molar-refractivity contribution in [3.05, 3.63) is 57.5 Å². The summed E-state index contributed by atoms with van der Waals surface area (Å²) in [6.07, 6.45) is 7.36. The molecular formula is C22H25N5O3. The molecule has 8 heteroatoms. The summed E-state index contributed by atoms with van der Waals surface area (Å²) < 4.78 is 0. The summed E-state index contributed by atoms with van der Waals surface area (Å²) in [6, 6.07) is 3.46. The van der Waals surface area contributed by atoms with Crippen molar-refractivity contribution in [2.75, 3.05) is 19.6 Å². The van der Waals surface area contributed by atoms with E-state index in [4.69, 9.17) is 4.98 Å². The van der Waals surface area contributed by atoms with Crippen molar-refractivity contribution in [3.63, 3.8) is 0 Å². The Balaban J connectivity index is 1.26. The Bertz CT molecular complexity index is 1020. The Kier molecular flexibility index (Phi) is 4.84. The lowest BCUT2D eigenvalue weighted by atomic mass is 9.94. The maximum absolute atomic E-state index is 12.7. The minimum atomic E-state index is -0.126. The van der Waals surface area contributed by atoms with Gasteiger partial charge in [0.2, 0.25) is 5.91 Å². The molecule has 3 aliphatic rings. The van der Waals surface area contributed by atoms with Gasteiger partial charge in [-0.25, -0.2) is 4.98 Å². The Labute approximate surface area is 174 Å². The summed E-state index contributed by atoms with van der Waals surface area (Å²) in [5.41, 5.74) is 1.97. The van der Waals surface area contributed by atoms with Crippen LogP contribution in [0.1, 0.15) is 59.0 Å². The summed E-state index contributed by atoms with van der Waals surface area (Å²) in [4.78, 5) is 53.1. The number of rotatable bonds is 3. The first-order valence-corrected chi connectivity index (χ1v) is 10.7. The number of H-pyrrole nitrogens is 1. The van der Waals surface area contributed by atoms with E-state index in [9.17, 15) is 14.4 Å². The van der Waals surface area contributed by atoms with Crippen molar-refractivity contribution < 1.29 is 9.59 Å². The maximum atomic E-state index is 12.7. The summed E-state index contributed by atoms with van der Waals surface area (Å²) in [6.45, 7) is 2.27. The molecule has 4 heterocycles. The number of aromatic nitrogens is 3. The second-order valence-corrected chi connectivity index (χ2v) is 8.46. The molecule has 0 atom stereocenters. The van der Waals surface area contributed by atoms with Gasteiger partial charge >= 0.3 is 0 Å². The van der Waals surface area contributed by atoms with Gasteiger partial charge in [0.15, 0.2) is 0 Å². The van der Waals surface area contributed by atoms with Crippen molar-refractivity contribution in [2.45, 2.75) is 44.6 Å². The lowest BCUT2D eigenvalue weighted by molar-refractivity contribution is -0.133. The minimum absolute atomic E-state index is 0.0168. The molecule has 1 saturated heterocycles. The number of carbonyl (C=O) groups excluding carboxylic acids is 2. The predicted molar refractivity (Wildman–Crippen MR) is 109 cm³/mol. The SMILES string of the molecule is O=C(c1ccncc1)N1CCC(c2nc3c(c(=O)[nH]2)CN(C(=O)C2CC2)CC3)CC1. The fourth-order valence-corrected chi connectivity index (χ4v) is 4.45. The second kappa shape index (κ2) is 7.66. The molecule has 5 rings (SSSR count). The first-order valence-electron chi connectivity index (χ1n) is 10.7. The zero-order chi connectivity index (χ0) is 20.7. The predicted octanol–water partition coefficient (Wildman–Crippen LogP) is 1.48. The van der Waals surface area contributed by atoms with Crippen LogP contribution in [0.15, 0.2) is 29.3 Å². The number of pyridine rings is 1. The van der Waals surface area contributed by atoms with Gasteiger partial charge < -0.3 is 14.8 Å². The quantitative estimate of drug-likeness (QED) is 0.831. The number of likely N-dealkylation sites (tertiary alicyclic amines) is 1. The molecule has 0 spiro atoms. The Morgan fingerprint density at radius 1 is 1.00 bits per heavy atom. The van der Waals surface area contributed by atoms with Crippen LogP contribution < -0.4 is 5.56 Å². The first-order chi connectivity index (χ1) is 14.6. The highest BCUT2D eigenvalue weighted by atomic mass is 16.2. The van der Waals surface area contributed by atoms with Crippen LogP contribution in [0.5, 0.6) is 0 Å². The number of hydrogen-bond donors (Lipinski definition) is 1. The molecule has 30 heavy (non-hydrogen) atoms. The molecule has 2 aromatic heterocycles. The van der Waals surface area contributed by atoms with Gasteiger partial charge in [-0.15, -0.1) is 0 Å². The van der Waals surface area contributed by atoms with Crippen molar-refractivity contribution in [1.29, 1.82) is 0 Å². The van der Waals surface area contributed by atoms with E-state index in [1.165, 1.54) is 0 Å². The van der Waals surface area contributed by atoms with Gasteiger partial charge in [-0.05, 0) is 37.8 Å². The molecule has 8 nitrogen and oxygen atoms in total. The molecule has 2 aliphatic heterocycles. The molecule has 0 unspecified atom stereocenters. The van der Waals surface area contributed by atoms with Gasteiger partial charge in [0.05, 0.1) is 17.8 Å². The van der Waals surface area contributed by atoms with Crippen LogP contribution in [0.3, 0.4) is 0 Å². The van der Waals surface area contributed by atoms with E-state index in [2.05, 4.69) is 9.97 Å². The number of fused-ring (bicyclic) bond motifs is 1. The van der Waals surface area contributed by atoms with E-state index in [0.717, 1.165) is 37.2 Å². The normalized spacial score (nSPS) is 19.5. The summed E-state index contributed by atoms with van der Waals surface area (Å²) in [5, 5.41) is 0. The highest BCUT2D eigenvalue weighted by Gasteiger charge is 2.36. The third-order valence-electron chi connectivity index (χ3n) is 6.42. The van der Waals surface area contributed by atoms with Gasteiger partial charge in [-0.1, -0.05) is 0 Å². The minimum Gasteiger partial charge on any atom is -0.339 e. The average Bonchev–Trinajstić information content (AvgIpc) is 3.64. The van der Waals surface area contributed by atoms with E-state index >= 15 is 0 Å². The number of carbonyl (C=O) groups is 2. The monoisotopic (exact) mass is 407 g/mol. The molecule has 2 amide bonds. The molecule has 156 valence electrons. The van der Waals surface area contributed by atoms with E-state index in [1.807, 2.05) is 4.90 Å². The third kappa shape index (κ3) is 3.62. The van der Waals surface area contributed by atoms with Crippen LogP contribution in [0.4, 0.5) is 0 Å². The molecule has 0 bridgehead atoms. The Morgan fingerprint density at radius 3 is 2.43 bits per heavy atom. The summed E-state index contributed by atoms with van der Waals surface area (Å²) >= 11 is 0. The van der Waals surface area contributed by atoms with Gasteiger partial charge in [0, 0.05) is 55.8 Å². The van der Waals surface area contributed by atoms with Crippen molar-refractivity contribution in [1.82, 2.24) is 24.8 Å². The Hall–Kier alpha value is -3.03. The largest absolute Gasteiger partial charge is 0.339 e. The summed E-state index contributed by atoms with van der Waals surface area (Å²) in [5.74, 6) is 1.21. The zero-order valence-corrected chi connectivity index (χ0v) is 16.8. The van der Waals surface area contributed by atoms with E-state index in [1.54, 1.807) is 29.4 Å². The highest BCUT2D eigenvalue weighted by Crippen LogP contribution is 2.32. The Morgan fingerprint density at radius 2 is 1.73 bits per heavy atom. The van der Waals surface area contributed by atoms with Gasteiger partial charge in [0.1, 0.15) is 5.82 Å². The van der Waals surface area contributed by atoms with E-state index in [-0.39, 0.29) is 29.2 Å². The standard InChI is InChI=1S/C22H25N5O3/c28-20-17-13-27(22(30)15-1-2-15)12-7-18(17)24-19(25-20)14-5-10-26(11-6-14)21(29)16-3-8-23-9-4-16/h3-4,8-9,14-15H,1-2,5-7,10-13H2,(H,24,25,28). The van der Waals surface area contributed by atoms with Crippen LogP contribution in [-0.2, 0) is 17.8 Å². The van der Waals surface area contributed by atoms with Crippen molar-refractivity contribution in [3.8, 4) is 0 Å². The molecule has 1 saturated carbocycles. The fourth-order valence-electron chi connectivity index (χ4n) is 4.45. The maximum Gasteiger partial charge on any atom is 0.256 e. The van der Waals surface area contributed by atoms with Crippen LogP contribution in [-0.4, -0.2) is 56.2 Å². The lowest BCUT2D eigenvalue weighted by Gasteiger charge is -2.32. The zero-order valence-electron chi connectivity index (χ0n) is 16.8. The number of amides is 2. The third-order valence-corrected chi connectivity index (χ3v) is 6.42. The van der Waals surface area contributed by atoms with Gasteiger partial charge in [0.25, 0.3) is 11.5 Å². The number of nitrogens with zero attached hydrogens (tertiary/aromatic N) is 4. The van der Waals surface area contributed by atoms with Crippen LogP contribution in [0, 0.1) is 5.92 Å². The second-order valence-electron chi connectivity index (χ2n) is 8.46. The molecule has 2 fully saturated rings. The van der Waals surface area contributed by atoms with Crippen LogP contribution in [0.25, 0.3) is 0 Å². The molecule has 1 aliphatic carbocycles. The molecule has 0 aromatic carbocycles. The fraction of sp³-hybridized carbons (Fsp3) is 0.500. The molecule has 2 aromatic rings. The smallest absolute Gasteiger partial charge is 0.256 e. The number of hydrogen-bond acceptors (Lipinski definition) is 5. The summed E-state index contributed by atoms with van der Waals surface area (Å²) in [7, 11) is 0. The number of nitrogens with one attached hydrogen (secondary N) is 1. The average molecular weight is 407 g/mol. The molecule has 1 N–H and O–H groups in total. The molecular weight excluding hydrogens is 382 g/mol. The highest BCUT2D eigenvalue weighted by molar-refractivity contribution is 5.94. The topological polar surface area (TPSA) is 99.3 Å². The van der Waals surface area contributed by atoms with Crippen molar-refractivity contribution >= 4 is 11.8 Å².